The van der Waals surface area contributed by atoms with Gasteiger partial charge in [0.25, 0.3) is 0 Å². The van der Waals surface area contributed by atoms with Crippen molar-refractivity contribution in [3.05, 3.63) is 41.3 Å². The molecule has 2 aromatic rings. The van der Waals surface area contributed by atoms with Crippen molar-refractivity contribution in [3.8, 4) is 17.2 Å². The van der Waals surface area contributed by atoms with Crippen molar-refractivity contribution >= 4 is 5.82 Å². The quantitative estimate of drug-likeness (QED) is 0.795. The SMILES string of the molecule is CCN(CC)c1nc2c(c(-c3ccncc3)c1C#N)CCCCC2. The number of aromatic nitrogens is 2. The van der Waals surface area contributed by atoms with Crippen molar-refractivity contribution in [1.82, 2.24) is 9.97 Å². The van der Waals surface area contributed by atoms with E-state index < -0.39 is 0 Å². The zero-order chi connectivity index (χ0) is 16.9. The van der Waals surface area contributed by atoms with Gasteiger partial charge in [0, 0.05) is 36.7 Å². The molecule has 0 saturated heterocycles. The average Bonchev–Trinajstić information content (AvgIpc) is 2.87. The van der Waals surface area contributed by atoms with E-state index in [0.29, 0.717) is 5.56 Å². The van der Waals surface area contributed by atoms with Crippen LogP contribution in [0.3, 0.4) is 0 Å². The standard InChI is InChI=1S/C20H24N4/c1-3-24(4-2)20-17(14-21)19(15-10-12-22-13-11-15)16-8-6-5-7-9-18(16)23-20/h10-13H,3-9H2,1-2H3. The minimum atomic E-state index is 0.713. The van der Waals surface area contributed by atoms with Crippen LogP contribution >= 0.6 is 0 Å². The first kappa shape index (κ1) is 16.4. The molecule has 0 radical (unpaired) electrons. The first-order valence-corrected chi connectivity index (χ1v) is 8.91. The number of aryl methyl sites for hydroxylation is 1. The Morgan fingerprint density at radius 1 is 1.08 bits per heavy atom. The van der Waals surface area contributed by atoms with Gasteiger partial charge in [-0.1, -0.05) is 6.42 Å². The molecular formula is C20H24N4. The Bertz CT molecular complexity index is 742. The molecule has 4 heteroatoms. The second kappa shape index (κ2) is 7.44. The van der Waals surface area contributed by atoms with Gasteiger partial charge >= 0.3 is 0 Å². The number of hydrogen-bond donors (Lipinski definition) is 0. The summed E-state index contributed by atoms with van der Waals surface area (Å²) in [5.74, 6) is 0.843. The molecular weight excluding hydrogens is 296 g/mol. The maximum atomic E-state index is 9.94. The third kappa shape index (κ3) is 2.99. The van der Waals surface area contributed by atoms with E-state index in [4.69, 9.17) is 4.98 Å². The van der Waals surface area contributed by atoms with E-state index in [2.05, 4.69) is 29.8 Å². The Balaban J connectivity index is 2.31. The molecule has 0 bridgehead atoms. The molecule has 2 aromatic heterocycles. The van der Waals surface area contributed by atoms with Crippen molar-refractivity contribution in [3.63, 3.8) is 0 Å². The van der Waals surface area contributed by atoms with Gasteiger partial charge in [0.1, 0.15) is 17.5 Å². The van der Waals surface area contributed by atoms with E-state index >= 15 is 0 Å². The minimum absolute atomic E-state index is 0.713. The topological polar surface area (TPSA) is 52.8 Å². The zero-order valence-corrected chi connectivity index (χ0v) is 14.5. The molecule has 0 aromatic carbocycles. The monoisotopic (exact) mass is 320 g/mol. The summed E-state index contributed by atoms with van der Waals surface area (Å²) in [6.07, 6.45) is 9.20. The molecule has 24 heavy (non-hydrogen) atoms. The van der Waals surface area contributed by atoms with Gasteiger partial charge in [0.05, 0.1) is 0 Å². The largest absolute Gasteiger partial charge is 0.356 e. The van der Waals surface area contributed by atoms with Crippen LogP contribution in [0.1, 0.15) is 49.9 Å². The molecule has 0 fully saturated rings. The summed E-state index contributed by atoms with van der Waals surface area (Å²) in [4.78, 5) is 11.3. The molecule has 124 valence electrons. The maximum Gasteiger partial charge on any atom is 0.147 e. The lowest BCUT2D eigenvalue weighted by Gasteiger charge is -2.25. The second-order valence-corrected chi connectivity index (χ2v) is 6.19. The number of pyridine rings is 2. The van der Waals surface area contributed by atoms with Crippen LogP contribution in [-0.4, -0.2) is 23.1 Å². The fraction of sp³-hybridized carbons (Fsp3) is 0.450. The molecule has 0 N–H and O–H groups in total. The normalized spacial score (nSPS) is 13.7. The molecule has 0 amide bonds. The van der Waals surface area contributed by atoms with E-state index in [1.807, 2.05) is 12.1 Å². The molecule has 1 aliphatic carbocycles. The lowest BCUT2D eigenvalue weighted by molar-refractivity contribution is 0.708. The van der Waals surface area contributed by atoms with Gasteiger partial charge in [-0.25, -0.2) is 4.98 Å². The van der Waals surface area contributed by atoms with E-state index in [9.17, 15) is 5.26 Å². The summed E-state index contributed by atoms with van der Waals surface area (Å²) in [5, 5.41) is 9.94. The van der Waals surface area contributed by atoms with E-state index in [-0.39, 0.29) is 0 Å². The van der Waals surface area contributed by atoms with Gasteiger partial charge in [-0.2, -0.15) is 5.26 Å². The predicted octanol–water partition coefficient (Wildman–Crippen LogP) is 4.13. The highest BCUT2D eigenvalue weighted by Gasteiger charge is 2.24. The predicted molar refractivity (Wildman–Crippen MR) is 97.0 cm³/mol. The Kier molecular flexibility index (Phi) is 5.10. The number of rotatable bonds is 4. The molecule has 4 nitrogen and oxygen atoms in total. The Morgan fingerprint density at radius 3 is 2.46 bits per heavy atom. The van der Waals surface area contributed by atoms with E-state index in [0.717, 1.165) is 42.9 Å². The summed E-state index contributed by atoms with van der Waals surface area (Å²) in [7, 11) is 0. The highest BCUT2D eigenvalue weighted by Crippen LogP contribution is 2.37. The minimum Gasteiger partial charge on any atom is -0.356 e. The number of nitrogens with zero attached hydrogens (tertiary/aromatic N) is 4. The lowest BCUT2D eigenvalue weighted by atomic mass is 9.92. The molecule has 0 unspecified atom stereocenters. The number of anilines is 1. The number of hydrogen-bond acceptors (Lipinski definition) is 4. The molecule has 0 atom stereocenters. The van der Waals surface area contributed by atoms with Gasteiger partial charge in [-0.3, -0.25) is 4.98 Å². The number of nitriles is 1. The van der Waals surface area contributed by atoms with Crippen molar-refractivity contribution in [2.75, 3.05) is 18.0 Å². The van der Waals surface area contributed by atoms with E-state index in [1.54, 1.807) is 12.4 Å². The number of fused-ring (bicyclic) bond motifs is 1. The highest BCUT2D eigenvalue weighted by atomic mass is 15.2. The Hall–Kier alpha value is -2.41. The van der Waals surface area contributed by atoms with Crippen LogP contribution in [0.5, 0.6) is 0 Å². The fourth-order valence-electron chi connectivity index (χ4n) is 3.60. The van der Waals surface area contributed by atoms with Crippen LogP contribution in [0.15, 0.2) is 24.5 Å². The summed E-state index contributed by atoms with van der Waals surface area (Å²) >= 11 is 0. The van der Waals surface area contributed by atoms with Crippen LogP contribution < -0.4 is 4.90 Å². The van der Waals surface area contributed by atoms with Gasteiger partial charge in [0.15, 0.2) is 0 Å². The van der Waals surface area contributed by atoms with Crippen molar-refractivity contribution in [1.29, 1.82) is 5.26 Å². The average molecular weight is 320 g/mol. The summed E-state index contributed by atoms with van der Waals surface area (Å²) in [6, 6.07) is 6.47. The Labute approximate surface area is 144 Å². The van der Waals surface area contributed by atoms with Crippen LogP contribution in [0.4, 0.5) is 5.82 Å². The van der Waals surface area contributed by atoms with Crippen LogP contribution in [0, 0.1) is 11.3 Å². The Morgan fingerprint density at radius 2 is 1.79 bits per heavy atom. The van der Waals surface area contributed by atoms with Crippen LogP contribution in [-0.2, 0) is 12.8 Å². The zero-order valence-electron chi connectivity index (χ0n) is 14.5. The van der Waals surface area contributed by atoms with Crippen LogP contribution in [0.25, 0.3) is 11.1 Å². The molecule has 0 spiro atoms. The fourth-order valence-corrected chi connectivity index (χ4v) is 3.60. The van der Waals surface area contributed by atoms with Crippen molar-refractivity contribution in [2.45, 2.75) is 46.0 Å². The third-order valence-corrected chi connectivity index (χ3v) is 4.85. The van der Waals surface area contributed by atoms with Crippen molar-refractivity contribution < 1.29 is 0 Å². The molecule has 0 aliphatic heterocycles. The molecule has 3 rings (SSSR count). The lowest BCUT2D eigenvalue weighted by Crippen LogP contribution is -2.25. The maximum absolute atomic E-state index is 9.94. The van der Waals surface area contributed by atoms with Gasteiger partial charge in [-0.15, -0.1) is 0 Å². The van der Waals surface area contributed by atoms with Gasteiger partial charge in [0.2, 0.25) is 0 Å². The molecule has 2 heterocycles. The first-order valence-electron chi connectivity index (χ1n) is 8.91. The van der Waals surface area contributed by atoms with Gasteiger partial charge in [-0.05, 0) is 62.8 Å². The summed E-state index contributed by atoms with van der Waals surface area (Å²) in [5.41, 5.74) is 5.32. The van der Waals surface area contributed by atoms with Crippen molar-refractivity contribution in [2.24, 2.45) is 0 Å². The highest BCUT2D eigenvalue weighted by molar-refractivity contribution is 5.80. The van der Waals surface area contributed by atoms with Crippen LogP contribution in [0.2, 0.25) is 0 Å². The van der Waals surface area contributed by atoms with Gasteiger partial charge < -0.3 is 4.90 Å². The summed E-state index contributed by atoms with van der Waals surface area (Å²) in [6.45, 7) is 5.94. The second-order valence-electron chi connectivity index (χ2n) is 6.19. The van der Waals surface area contributed by atoms with E-state index in [1.165, 1.54) is 30.5 Å². The first-order chi connectivity index (χ1) is 11.8. The summed E-state index contributed by atoms with van der Waals surface area (Å²) < 4.78 is 0. The third-order valence-electron chi connectivity index (χ3n) is 4.85. The molecule has 1 aliphatic rings. The molecule has 0 saturated carbocycles. The smallest absolute Gasteiger partial charge is 0.147 e.